The molecule has 0 radical (unpaired) electrons. The van der Waals surface area contributed by atoms with Crippen LogP contribution < -0.4 is 4.74 Å². The number of nitriles is 1. The van der Waals surface area contributed by atoms with Crippen molar-refractivity contribution in [3.63, 3.8) is 0 Å². The molecule has 2 rings (SSSR count). The van der Waals surface area contributed by atoms with E-state index < -0.39 is 0 Å². The molecule has 1 amide bonds. The molecular formula is C21H27ClN4O2. The van der Waals surface area contributed by atoms with Crippen molar-refractivity contribution in [3.8, 4) is 17.5 Å². The summed E-state index contributed by atoms with van der Waals surface area (Å²) < 4.78 is 6.74. The van der Waals surface area contributed by atoms with E-state index in [1.54, 1.807) is 36.9 Å². The van der Waals surface area contributed by atoms with E-state index in [4.69, 9.17) is 16.3 Å². The summed E-state index contributed by atoms with van der Waals surface area (Å²) in [4.78, 5) is 14.9. The average molecular weight is 403 g/mol. The molecule has 0 aliphatic rings. The van der Waals surface area contributed by atoms with E-state index in [-0.39, 0.29) is 11.6 Å². The normalized spacial score (nSPS) is 10.6. The van der Waals surface area contributed by atoms with Crippen LogP contribution in [0, 0.1) is 18.3 Å². The topological polar surface area (TPSA) is 71.2 Å². The standard InChI is InChI=1S/C21H27ClN4O2/c1-5-7-11-25(12-8-6-2)21(27)20-19(22)15(3)26(24-20)18-10-9-17(28-4)13-16(18)14-23/h9-10,13H,5-8,11-12H2,1-4H3. The van der Waals surface area contributed by atoms with Crippen LogP contribution in [0.2, 0.25) is 5.02 Å². The van der Waals surface area contributed by atoms with Gasteiger partial charge in [-0.1, -0.05) is 38.3 Å². The minimum absolute atomic E-state index is 0.166. The van der Waals surface area contributed by atoms with Gasteiger partial charge in [0.05, 0.1) is 29.1 Å². The fourth-order valence-corrected chi connectivity index (χ4v) is 3.13. The van der Waals surface area contributed by atoms with Crippen molar-refractivity contribution in [1.82, 2.24) is 14.7 Å². The van der Waals surface area contributed by atoms with Crippen LogP contribution in [0.4, 0.5) is 0 Å². The summed E-state index contributed by atoms with van der Waals surface area (Å²) in [6.07, 6.45) is 3.89. The Hall–Kier alpha value is -2.52. The van der Waals surface area contributed by atoms with Gasteiger partial charge in [-0.15, -0.1) is 0 Å². The lowest BCUT2D eigenvalue weighted by Gasteiger charge is -2.21. The zero-order valence-corrected chi connectivity index (χ0v) is 17.7. The van der Waals surface area contributed by atoms with Gasteiger partial charge < -0.3 is 9.64 Å². The van der Waals surface area contributed by atoms with E-state index in [0.29, 0.717) is 40.8 Å². The number of hydrogen-bond donors (Lipinski definition) is 0. The second-order valence-corrected chi connectivity index (χ2v) is 7.03. The zero-order valence-electron chi connectivity index (χ0n) is 17.0. The minimum Gasteiger partial charge on any atom is -0.497 e. The Bertz CT molecular complexity index is 862. The van der Waals surface area contributed by atoms with E-state index in [2.05, 4.69) is 25.0 Å². The predicted molar refractivity (Wildman–Crippen MR) is 110 cm³/mol. The molecule has 28 heavy (non-hydrogen) atoms. The van der Waals surface area contributed by atoms with Gasteiger partial charge in [-0.05, 0) is 31.9 Å². The molecule has 0 atom stereocenters. The predicted octanol–water partition coefficient (Wildman–Crippen LogP) is 4.76. The fraction of sp³-hybridized carbons (Fsp3) is 0.476. The average Bonchev–Trinajstić information content (AvgIpc) is 3.01. The second kappa shape index (κ2) is 10.1. The third kappa shape index (κ3) is 4.66. The zero-order chi connectivity index (χ0) is 20.7. The molecule has 0 aliphatic carbocycles. The summed E-state index contributed by atoms with van der Waals surface area (Å²) in [5.74, 6) is 0.415. The summed E-state index contributed by atoms with van der Waals surface area (Å²) in [5, 5.41) is 14.3. The van der Waals surface area contributed by atoms with E-state index in [9.17, 15) is 10.1 Å². The van der Waals surface area contributed by atoms with E-state index >= 15 is 0 Å². The lowest BCUT2D eigenvalue weighted by molar-refractivity contribution is 0.0745. The minimum atomic E-state index is -0.166. The number of nitrogens with zero attached hydrogens (tertiary/aromatic N) is 4. The van der Waals surface area contributed by atoms with Crippen molar-refractivity contribution in [3.05, 3.63) is 40.2 Å². The lowest BCUT2D eigenvalue weighted by atomic mass is 10.2. The van der Waals surface area contributed by atoms with Crippen molar-refractivity contribution in [1.29, 1.82) is 5.26 Å². The van der Waals surface area contributed by atoms with Crippen LogP contribution in [-0.2, 0) is 0 Å². The summed E-state index contributed by atoms with van der Waals surface area (Å²) >= 11 is 6.49. The Labute approximate surface area is 171 Å². The van der Waals surface area contributed by atoms with Crippen molar-refractivity contribution in [2.45, 2.75) is 46.5 Å². The molecule has 0 bridgehead atoms. The number of amides is 1. The first kappa shape index (κ1) is 21.8. The second-order valence-electron chi connectivity index (χ2n) is 6.65. The lowest BCUT2D eigenvalue weighted by Crippen LogP contribution is -2.33. The van der Waals surface area contributed by atoms with E-state index in [1.165, 1.54) is 0 Å². The number of unbranched alkanes of at least 4 members (excludes halogenated alkanes) is 2. The van der Waals surface area contributed by atoms with Gasteiger partial charge in [0.25, 0.3) is 5.91 Å². The number of carbonyl (C=O) groups is 1. The van der Waals surface area contributed by atoms with Gasteiger partial charge in [0.2, 0.25) is 0 Å². The van der Waals surface area contributed by atoms with Gasteiger partial charge in [0, 0.05) is 19.2 Å². The third-order valence-corrected chi connectivity index (χ3v) is 5.10. The Morgan fingerprint density at radius 1 is 1.29 bits per heavy atom. The molecule has 6 nitrogen and oxygen atoms in total. The number of hydrogen-bond acceptors (Lipinski definition) is 4. The summed E-state index contributed by atoms with van der Waals surface area (Å²) in [5.41, 5.74) is 1.81. The molecule has 0 unspecified atom stereocenters. The van der Waals surface area contributed by atoms with Crippen LogP contribution in [0.5, 0.6) is 5.75 Å². The highest BCUT2D eigenvalue weighted by Gasteiger charge is 2.25. The van der Waals surface area contributed by atoms with Crippen molar-refractivity contribution in [2.24, 2.45) is 0 Å². The van der Waals surface area contributed by atoms with E-state index in [0.717, 1.165) is 25.7 Å². The Morgan fingerprint density at radius 2 is 1.93 bits per heavy atom. The molecular weight excluding hydrogens is 376 g/mol. The number of halogens is 1. The molecule has 0 spiro atoms. The number of methoxy groups -OCH3 is 1. The molecule has 1 aromatic carbocycles. The van der Waals surface area contributed by atoms with Crippen LogP contribution in [0.15, 0.2) is 18.2 Å². The highest BCUT2D eigenvalue weighted by Crippen LogP contribution is 2.27. The summed E-state index contributed by atoms with van der Waals surface area (Å²) in [7, 11) is 1.55. The van der Waals surface area contributed by atoms with Crippen LogP contribution in [0.1, 0.15) is 61.3 Å². The third-order valence-electron chi connectivity index (χ3n) is 4.65. The SMILES string of the molecule is CCCCN(CCCC)C(=O)c1nn(-c2ccc(OC)cc2C#N)c(C)c1Cl. The largest absolute Gasteiger partial charge is 0.497 e. The number of rotatable bonds is 9. The number of aromatic nitrogens is 2. The van der Waals surface area contributed by atoms with Crippen LogP contribution in [0.3, 0.4) is 0 Å². The molecule has 2 aromatic rings. The van der Waals surface area contributed by atoms with Gasteiger partial charge in [-0.3, -0.25) is 4.79 Å². The molecule has 1 aromatic heterocycles. The van der Waals surface area contributed by atoms with Crippen LogP contribution >= 0.6 is 11.6 Å². The first-order valence-corrected chi connectivity index (χ1v) is 9.99. The van der Waals surface area contributed by atoms with E-state index in [1.807, 2.05) is 4.90 Å². The molecule has 0 fully saturated rings. The quantitative estimate of drug-likeness (QED) is 0.606. The maximum Gasteiger partial charge on any atom is 0.275 e. The van der Waals surface area contributed by atoms with Crippen LogP contribution in [-0.4, -0.2) is 40.8 Å². The van der Waals surface area contributed by atoms with Crippen LogP contribution in [0.25, 0.3) is 5.69 Å². The number of benzene rings is 1. The molecule has 0 saturated heterocycles. The van der Waals surface area contributed by atoms with Gasteiger partial charge in [-0.2, -0.15) is 10.4 Å². The van der Waals surface area contributed by atoms with Crippen molar-refractivity contribution in [2.75, 3.05) is 20.2 Å². The number of ether oxygens (including phenoxy) is 1. The van der Waals surface area contributed by atoms with Crippen molar-refractivity contribution >= 4 is 17.5 Å². The maximum absolute atomic E-state index is 13.1. The summed E-state index contributed by atoms with van der Waals surface area (Å²) in [6, 6.07) is 7.29. The van der Waals surface area contributed by atoms with Gasteiger partial charge in [0.15, 0.2) is 5.69 Å². The molecule has 1 heterocycles. The molecule has 7 heteroatoms. The first-order chi connectivity index (χ1) is 13.5. The Balaban J connectivity index is 2.44. The van der Waals surface area contributed by atoms with Crippen molar-refractivity contribution < 1.29 is 9.53 Å². The van der Waals surface area contributed by atoms with Gasteiger partial charge in [0.1, 0.15) is 11.8 Å². The Kier molecular flexibility index (Phi) is 7.89. The molecule has 0 saturated carbocycles. The van der Waals surface area contributed by atoms with Gasteiger partial charge >= 0.3 is 0 Å². The summed E-state index contributed by atoms with van der Waals surface area (Å²) in [6.45, 7) is 7.36. The maximum atomic E-state index is 13.1. The molecule has 150 valence electrons. The smallest absolute Gasteiger partial charge is 0.275 e. The monoisotopic (exact) mass is 402 g/mol. The number of carbonyl (C=O) groups excluding carboxylic acids is 1. The first-order valence-electron chi connectivity index (χ1n) is 9.61. The van der Waals surface area contributed by atoms with Gasteiger partial charge in [-0.25, -0.2) is 4.68 Å². The molecule has 0 aliphatic heterocycles. The highest BCUT2D eigenvalue weighted by atomic mass is 35.5. The Morgan fingerprint density at radius 3 is 2.46 bits per heavy atom. The highest BCUT2D eigenvalue weighted by molar-refractivity contribution is 6.34. The fourth-order valence-electron chi connectivity index (χ4n) is 2.93. The molecule has 0 N–H and O–H groups in total.